The van der Waals surface area contributed by atoms with Crippen molar-refractivity contribution in [2.24, 2.45) is 0 Å². The van der Waals surface area contributed by atoms with Crippen molar-refractivity contribution in [3.05, 3.63) is 74.8 Å². The van der Waals surface area contributed by atoms with Gasteiger partial charge in [0.1, 0.15) is 6.04 Å². The molecule has 2 rings (SSSR count). The Kier molecular flexibility index (Phi) is 8.48. The third kappa shape index (κ3) is 6.76. The molecule has 0 bridgehead atoms. The topological polar surface area (TPSA) is 92.6 Å². The second-order valence-electron chi connectivity index (χ2n) is 6.36. The Bertz CT molecular complexity index is 876. The van der Waals surface area contributed by atoms with Gasteiger partial charge < -0.3 is 10.2 Å². The molecule has 1 N–H and O–H groups in total. The van der Waals surface area contributed by atoms with Crippen molar-refractivity contribution in [1.82, 2.24) is 10.2 Å². The van der Waals surface area contributed by atoms with Crippen LogP contribution in [0.1, 0.15) is 18.1 Å². The first-order chi connectivity index (χ1) is 13.8. The molecule has 0 saturated heterocycles. The summed E-state index contributed by atoms with van der Waals surface area (Å²) in [7, 11) is 1.53. The molecule has 0 radical (unpaired) electrons. The van der Waals surface area contributed by atoms with E-state index in [-0.39, 0.29) is 29.8 Å². The van der Waals surface area contributed by atoms with Crippen molar-refractivity contribution in [1.29, 1.82) is 0 Å². The van der Waals surface area contributed by atoms with E-state index in [1.54, 1.807) is 37.3 Å². The predicted molar refractivity (Wildman–Crippen MR) is 115 cm³/mol. The second-order valence-corrected chi connectivity index (χ2v) is 7.78. The van der Waals surface area contributed by atoms with Crippen LogP contribution in [0.4, 0.5) is 5.69 Å². The van der Waals surface area contributed by atoms with Gasteiger partial charge in [0.05, 0.1) is 10.7 Å². The van der Waals surface area contributed by atoms with Crippen LogP contribution in [0, 0.1) is 10.1 Å². The summed E-state index contributed by atoms with van der Waals surface area (Å²) in [6, 6.07) is 12.8. The van der Waals surface area contributed by atoms with Crippen molar-refractivity contribution >= 4 is 40.9 Å². The number of carbonyl (C=O) groups is 2. The van der Waals surface area contributed by atoms with Crippen LogP contribution in [-0.2, 0) is 21.9 Å². The van der Waals surface area contributed by atoms with Gasteiger partial charge >= 0.3 is 0 Å². The lowest BCUT2D eigenvalue weighted by Gasteiger charge is -2.28. The lowest BCUT2D eigenvalue weighted by atomic mass is 10.1. The quantitative estimate of drug-likeness (QED) is 0.479. The fourth-order valence-corrected chi connectivity index (χ4v) is 3.76. The van der Waals surface area contributed by atoms with E-state index in [0.29, 0.717) is 10.8 Å². The number of nitro groups is 1. The number of nitrogens with one attached hydrogen (secondary N) is 1. The number of hydrogen-bond donors (Lipinski definition) is 1. The normalized spacial score (nSPS) is 11.6. The van der Waals surface area contributed by atoms with Crippen LogP contribution in [0.15, 0.2) is 48.5 Å². The van der Waals surface area contributed by atoms with Gasteiger partial charge in [0, 0.05) is 36.5 Å². The SMILES string of the molecule is CNC(=O)[C@@H](C)N(Cc1cccc(Cl)c1)C(=O)CSCc1ccc([N+](=O)[O-])cc1. The molecule has 0 aromatic heterocycles. The van der Waals surface area contributed by atoms with Gasteiger partial charge in [0.15, 0.2) is 0 Å². The van der Waals surface area contributed by atoms with Crippen LogP contribution in [0.2, 0.25) is 5.02 Å². The molecule has 2 amide bonds. The highest BCUT2D eigenvalue weighted by molar-refractivity contribution is 7.99. The van der Waals surface area contributed by atoms with Crippen LogP contribution < -0.4 is 5.32 Å². The third-order valence-corrected chi connectivity index (χ3v) is 5.52. The number of nitro benzene ring substituents is 1. The molecule has 0 aliphatic carbocycles. The average Bonchev–Trinajstić information content (AvgIpc) is 2.71. The number of nitrogens with zero attached hydrogens (tertiary/aromatic N) is 2. The minimum atomic E-state index is -0.633. The van der Waals surface area contributed by atoms with E-state index >= 15 is 0 Å². The van der Waals surface area contributed by atoms with Crippen molar-refractivity contribution in [3.8, 4) is 0 Å². The molecule has 0 heterocycles. The van der Waals surface area contributed by atoms with Crippen LogP contribution in [-0.4, -0.2) is 40.5 Å². The number of halogens is 1. The smallest absolute Gasteiger partial charge is 0.269 e. The lowest BCUT2D eigenvalue weighted by Crippen LogP contribution is -2.47. The molecule has 0 aliphatic heterocycles. The fourth-order valence-electron chi connectivity index (χ4n) is 2.68. The van der Waals surface area contributed by atoms with Crippen LogP contribution >= 0.6 is 23.4 Å². The Labute approximate surface area is 178 Å². The number of rotatable bonds is 9. The predicted octanol–water partition coefficient (Wildman–Crippen LogP) is 3.64. The number of thioether (sulfide) groups is 1. The Morgan fingerprint density at radius 2 is 1.90 bits per heavy atom. The summed E-state index contributed by atoms with van der Waals surface area (Å²) >= 11 is 7.42. The first-order valence-electron chi connectivity index (χ1n) is 8.88. The Morgan fingerprint density at radius 1 is 1.21 bits per heavy atom. The van der Waals surface area contributed by atoms with E-state index in [9.17, 15) is 19.7 Å². The van der Waals surface area contributed by atoms with E-state index in [4.69, 9.17) is 11.6 Å². The molecule has 1 atom stereocenters. The van der Waals surface area contributed by atoms with Crippen LogP contribution in [0.3, 0.4) is 0 Å². The number of carbonyl (C=O) groups excluding carboxylic acids is 2. The standard InChI is InChI=1S/C20H22ClN3O4S/c1-14(20(26)22-2)23(11-16-4-3-5-17(21)10-16)19(25)13-29-12-15-6-8-18(9-7-15)24(27)28/h3-10,14H,11-13H2,1-2H3,(H,22,26)/t14-/m1/s1. The zero-order valence-corrected chi connectivity index (χ0v) is 17.7. The molecular formula is C20H22ClN3O4S. The molecule has 0 aliphatic rings. The largest absolute Gasteiger partial charge is 0.357 e. The summed E-state index contributed by atoms with van der Waals surface area (Å²) < 4.78 is 0. The van der Waals surface area contributed by atoms with Crippen molar-refractivity contribution in [3.63, 3.8) is 0 Å². The molecule has 0 unspecified atom stereocenters. The number of likely N-dealkylation sites (N-methyl/N-ethyl adjacent to an activating group) is 1. The summed E-state index contributed by atoms with van der Waals surface area (Å²) in [5.41, 5.74) is 1.75. The molecule has 7 nitrogen and oxygen atoms in total. The summed E-state index contributed by atoms with van der Waals surface area (Å²) in [4.78, 5) is 36.7. The van der Waals surface area contributed by atoms with Crippen LogP contribution in [0.5, 0.6) is 0 Å². The van der Waals surface area contributed by atoms with Crippen molar-refractivity contribution in [2.45, 2.75) is 25.3 Å². The van der Waals surface area contributed by atoms with Gasteiger partial charge in [-0.15, -0.1) is 11.8 Å². The van der Waals surface area contributed by atoms with E-state index in [2.05, 4.69) is 5.32 Å². The van der Waals surface area contributed by atoms with Crippen molar-refractivity contribution < 1.29 is 14.5 Å². The second kappa shape index (κ2) is 10.8. The molecule has 0 saturated carbocycles. The maximum Gasteiger partial charge on any atom is 0.269 e. The first kappa shape index (κ1) is 22.7. The third-order valence-electron chi connectivity index (χ3n) is 4.30. The molecule has 0 fully saturated rings. The summed E-state index contributed by atoms with van der Waals surface area (Å²) in [6.45, 7) is 1.95. The Morgan fingerprint density at radius 3 is 2.48 bits per heavy atom. The van der Waals surface area contributed by atoms with Gasteiger partial charge in [-0.25, -0.2) is 0 Å². The van der Waals surface area contributed by atoms with Gasteiger partial charge in [-0.2, -0.15) is 0 Å². The molecular weight excluding hydrogens is 414 g/mol. The zero-order chi connectivity index (χ0) is 21.4. The summed E-state index contributed by atoms with van der Waals surface area (Å²) in [5, 5.41) is 13.9. The van der Waals surface area contributed by atoms with Crippen LogP contribution in [0.25, 0.3) is 0 Å². The lowest BCUT2D eigenvalue weighted by molar-refractivity contribution is -0.384. The Hall–Kier alpha value is -2.58. The maximum absolute atomic E-state index is 12.8. The van der Waals surface area contributed by atoms with E-state index in [0.717, 1.165) is 11.1 Å². The minimum absolute atomic E-state index is 0.0296. The molecule has 2 aromatic carbocycles. The molecule has 9 heteroatoms. The average molecular weight is 436 g/mol. The van der Waals surface area contributed by atoms with Gasteiger partial charge in [-0.1, -0.05) is 35.9 Å². The van der Waals surface area contributed by atoms with Gasteiger partial charge in [0.2, 0.25) is 11.8 Å². The maximum atomic E-state index is 12.8. The summed E-state index contributed by atoms with van der Waals surface area (Å²) in [6.07, 6.45) is 0. The van der Waals surface area contributed by atoms with E-state index in [1.165, 1.54) is 35.8 Å². The fraction of sp³-hybridized carbons (Fsp3) is 0.300. The highest BCUT2D eigenvalue weighted by Crippen LogP contribution is 2.19. The highest BCUT2D eigenvalue weighted by Gasteiger charge is 2.25. The first-order valence-corrected chi connectivity index (χ1v) is 10.4. The molecule has 154 valence electrons. The van der Waals surface area contributed by atoms with Crippen molar-refractivity contribution in [2.75, 3.05) is 12.8 Å². The molecule has 2 aromatic rings. The number of non-ortho nitro benzene ring substituents is 1. The summed E-state index contributed by atoms with van der Waals surface area (Å²) in [5.74, 6) is 0.288. The van der Waals surface area contributed by atoms with E-state index in [1.807, 2.05) is 6.07 Å². The zero-order valence-electron chi connectivity index (χ0n) is 16.1. The van der Waals surface area contributed by atoms with Gasteiger partial charge in [0.25, 0.3) is 5.69 Å². The van der Waals surface area contributed by atoms with Gasteiger partial charge in [-0.05, 0) is 30.2 Å². The monoisotopic (exact) mass is 435 g/mol. The van der Waals surface area contributed by atoms with E-state index < -0.39 is 11.0 Å². The minimum Gasteiger partial charge on any atom is -0.357 e. The number of amides is 2. The molecule has 29 heavy (non-hydrogen) atoms. The highest BCUT2D eigenvalue weighted by atomic mass is 35.5. The molecule has 0 spiro atoms. The Balaban J connectivity index is 2.02. The number of hydrogen-bond acceptors (Lipinski definition) is 5. The number of benzene rings is 2. The van der Waals surface area contributed by atoms with Gasteiger partial charge in [-0.3, -0.25) is 19.7 Å².